The zero-order valence-electron chi connectivity index (χ0n) is 17.1. The van der Waals surface area contributed by atoms with Crippen molar-refractivity contribution in [3.63, 3.8) is 0 Å². The molecule has 4 saturated heterocycles. The summed E-state index contributed by atoms with van der Waals surface area (Å²) < 4.78 is 18.1. The van der Waals surface area contributed by atoms with Crippen LogP contribution in [-0.4, -0.2) is 53.5 Å². The van der Waals surface area contributed by atoms with Gasteiger partial charge in [-0.25, -0.2) is 4.79 Å². The molecule has 0 aromatic carbocycles. The molecule has 5 aliphatic heterocycles. The van der Waals surface area contributed by atoms with Crippen molar-refractivity contribution < 1.29 is 23.8 Å². The van der Waals surface area contributed by atoms with Crippen LogP contribution >= 0.6 is 0 Å². The SMILES string of the molecule is CC[C@H]1[C@@H]2[C@H](CCCN3[C@@H]([C@@H]4C[C@@H](C)C(=O)O4)CC[C@@H]23)O[C@]12C=C(C)C(=O)O2. The van der Waals surface area contributed by atoms with E-state index in [4.69, 9.17) is 14.2 Å². The molecule has 6 heteroatoms. The summed E-state index contributed by atoms with van der Waals surface area (Å²) in [6.45, 7) is 6.99. The van der Waals surface area contributed by atoms with Gasteiger partial charge in [0.1, 0.15) is 6.10 Å². The fourth-order valence-electron chi connectivity index (χ4n) is 6.64. The number of nitrogens with zero attached hydrogens (tertiary/aromatic N) is 1. The molecule has 0 aromatic heterocycles. The van der Waals surface area contributed by atoms with Gasteiger partial charge in [0, 0.05) is 29.5 Å². The predicted molar refractivity (Wildman–Crippen MR) is 101 cm³/mol. The second-order valence-corrected chi connectivity index (χ2v) is 9.39. The third-order valence-corrected chi connectivity index (χ3v) is 7.82. The molecule has 4 fully saturated rings. The van der Waals surface area contributed by atoms with Gasteiger partial charge in [0.15, 0.2) is 0 Å². The molecule has 5 aliphatic rings. The molecule has 154 valence electrons. The van der Waals surface area contributed by atoms with Crippen molar-refractivity contribution in [2.75, 3.05) is 6.54 Å². The van der Waals surface area contributed by atoms with Crippen molar-refractivity contribution >= 4 is 11.9 Å². The van der Waals surface area contributed by atoms with Crippen LogP contribution in [-0.2, 0) is 23.8 Å². The number of hydrogen-bond donors (Lipinski definition) is 0. The first-order valence-electron chi connectivity index (χ1n) is 11.0. The van der Waals surface area contributed by atoms with Crippen LogP contribution in [0.2, 0.25) is 0 Å². The molecule has 28 heavy (non-hydrogen) atoms. The second-order valence-electron chi connectivity index (χ2n) is 9.39. The lowest BCUT2D eigenvalue weighted by Gasteiger charge is -2.37. The van der Waals surface area contributed by atoms with Gasteiger partial charge in [-0.3, -0.25) is 9.69 Å². The molecular weight excluding hydrogens is 358 g/mol. The summed E-state index contributed by atoms with van der Waals surface area (Å²) in [6, 6.07) is 0.722. The van der Waals surface area contributed by atoms with E-state index in [0.29, 0.717) is 23.6 Å². The first-order valence-corrected chi connectivity index (χ1v) is 11.0. The molecule has 5 heterocycles. The maximum absolute atomic E-state index is 12.2. The Morgan fingerprint density at radius 1 is 1.18 bits per heavy atom. The van der Waals surface area contributed by atoms with Crippen molar-refractivity contribution in [3.8, 4) is 0 Å². The average Bonchev–Trinajstić information content (AvgIpc) is 3.33. The lowest BCUT2D eigenvalue weighted by Crippen LogP contribution is -2.48. The Morgan fingerprint density at radius 2 is 1.96 bits per heavy atom. The summed E-state index contributed by atoms with van der Waals surface area (Å²) in [5, 5.41) is 0. The zero-order valence-corrected chi connectivity index (χ0v) is 17.1. The minimum absolute atomic E-state index is 0.0104. The van der Waals surface area contributed by atoms with Crippen LogP contribution < -0.4 is 0 Å². The van der Waals surface area contributed by atoms with Crippen LogP contribution in [0, 0.1) is 17.8 Å². The fourth-order valence-corrected chi connectivity index (χ4v) is 6.64. The van der Waals surface area contributed by atoms with E-state index in [-0.39, 0.29) is 36.0 Å². The Morgan fingerprint density at radius 3 is 2.61 bits per heavy atom. The molecule has 0 bridgehead atoms. The van der Waals surface area contributed by atoms with E-state index in [9.17, 15) is 9.59 Å². The number of carbonyl (C=O) groups is 2. The van der Waals surface area contributed by atoms with E-state index in [0.717, 1.165) is 45.1 Å². The van der Waals surface area contributed by atoms with Gasteiger partial charge in [-0.15, -0.1) is 0 Å². The van der Waals surface area contributed by atoms with Crippen LogP contribution in [0.25, 0.3) is 0 Å². The third kappa shape index (κ3) is 2.60. The summed E-state index contributed by atoms with van der Waals surface area (Å²) in [7, 11) is 0. The van der Waals surface area contributed by atoms with Crippen LogP contribution in [0.1, 0.15) is 59.3 Å². The summed E-state index contributed by atoms with van der Waals surface area (Å²) in [4.78, 5) is 26.7. The molecule has 0 aromatic rings. The second kappa shape index (κ2) is 6.56. The van der Waals surface area contributed by atoms with Gasteiger partial charge in [0.25, 0.3) is 0 Å². The van der Waals surface area contributed by atoms with Gasteiger partial charge in [-0.2, -0.15) is 0 Å². The van der Waals surface area contributed by atoms with E-state index in [2.05, 4.69) is 11.8 Å². The average molecular weight is 389 g/mol. The fraction of sp³-hybridized carbons (Fsp3) is 0.818. The number of cyclic esters (lactones) is 1. The molecule has 0 aliphatic carbocycles. The molecule has 1 spiro atoms. The number of hydrogen-bond acceptors (Lipinski definition) is 6. The highest BCUT2D eigenvalue weighted by Crippen LogP contribution is 2.54. The summed E-state index contributed by atoms with van der Waals surface area (Å²) in [5.74, 6) is -0.635. The Labute approximate surface area is 166 Å². The van der Waals surface area contributed by atoms with Gasteiger partial charge in [-0.1, -0.05) is 13.8 Å². The normalized spacial score (nSPS) is 48.2. The minimum Gasteiger partial charge on any atom is -0.460 e. The summed E-state index contributed by atoms with van der Waals surface area (Å²) >= 11 is 0. The van der Waals surface area contributed by atoms with Crippen molar-refractivity contribution in [1.29, 1.82) is 0 Å². The highest BCUT2D eigenvalue weighted by molar-refractivity contribution is 5.90. The van der Waals surface area contributed by atoms with Gasteiger partial charge >= 0.3 is 11.9 Å². The third-order valence-electron chi connectivity index (χ3n) is 7.82. The van der Waals surface area contributed by atoms with Crippen LogP contribution in [0.4, 0.5) is 0 Å². The van der Waals surface area contributed by atoms with Crippen molar-refractivity contribution in [2.45, 2.75) is 89.4 Å². The molecule has 8 atom stereocenters. The Kier molecular flexibility index (Phi) is 4.36. The Balaban J connectivity index is 1.43. The van der Waals surface area contributed by atoms with E-state index in [1.54, 1.807) is 0 Å². The summed E-state index contributed by atoms with van der Waals surface area (Å²) in [5.41, 5.74) is 0.655. The Bertz CT molecular complexity index is 720. The number of ether oxygens (including phenoxy) is 3. The lowest BCUT2D eigenvalue weighted by atomic mass is 9.77. The van der Waals surface area contributed by atoms with Crippen LogP contribution in [0.15, 0.2) is 11.6 Å². The number of esters is 2. The van der Waals surface area contributed by atoms with E-state index >= 15 is 0 Å². The van der Waals surface area contributed by atoms with Gasteiger partial charge in [0.05, 0.1) is 12.0 Å². The first kappa shape index (κ1) is 18.6. The number of carbonyl (C=O) groups excluding carboxylic acids is 2. The first-order chi connectivity index (χ1) is 13.4. The van der Waals surface area contributed by atoms with Crippen molar-refractivity contribution in [3.05, 3.63) is 11.6 Å². The smallest absolute Gasteiger partial charge is 0.336 e. The minimum atomic E-state index is -0.874. The maximum Gasteiger partial charge on any atom is 0.336 e. The summed E-state index contributed by atoms with van der Waals surface area (Å²) in [6.07, 6.45) is 8.04. The van der Waals surface area contributed by atoms with Crippen molar-refractivity contribution in [1.82, 2.24) is 4.90 Å². The van der Waals surface area contributed by atoms with E-state index in [1.807, 2.05) is 19.9 Å². The van der Waals surface area contributed by atoms with E-state index in [1.165, 1.54) is 0 Å². The maximum atomic E-state index is 12.2. The molecule has 6 nitrogen and oxygen atoms in total. The van der Waals surface area contributed by atoms with Crippen LogP contribution in [0.3, 0.4) is 0 Å². The highest BCUT2D eigenvalue weighted by Gasteiger charge is 2.62. The lowest BCUT2D eigenvalue weighted by molar-refractivity contribution is -0.204. The van der Waals surface area contributed by atoms with E-state index < -0.39 is 5.79 Å². The molecule has 0 amide bonds. The molecule has 0 radical (unpaired) electrons. The van der Waals surface area contributed by atoms with Crippen LogP contribution in [0.5, 0.6) is 0 Å². The van der Waals surface area contributed by atoms with Gasteiger partial charge in [-0.05, 0) is 58.1 Å². The zero-order chi connectivity index (χ0) is 19.6. The van der Waals surface area contributed by atoms with Crippen molar-refractivity contribution in [2.24, 2.45) is 17.8 Å². The predicted octanol–water partition coefficient (Wildman–Crippen LogP) is 2.81. The molecule has 0 unspecified atom stereocenters. The highest BCUT2D eigenvalue weighted by atomic mass is 16.7. The number of fused-ring (bicyclic) bond motifs is 3. The quantitative estimate of drug-likeness (QED) is 0.677. The molecule has 0 N–H and O–H groups in total. The standard InChI is InChI=1S/C22H31NO5/c1-4-14-19-16-8-7-15(18-10-12(2)20(24)26-18)23(16)9-5-6-17(19)27-22(14)11-13(3)21(25)28-22/h11-12,14-19H,4-10H2,1-3H3/t12-,14+,15-,16+,17+,18+,19+,22+/m1/s1. The Hall–Kier alpha value is -1.40. The molecule has 5 rings (SSSR count). The molecular formula is C22H31NO5. The topological polar surface area (TPSA) is 65.1 Å². The van der Waals surface area contributed by atoms with Gasteiger partial charge in [0.2, 0.25) is 5.79 Å². The largest absolute Gasteiger partial charge is 0.460 e. The number of rotatable bonds is 2. The molecule has 0 saturated carbocycles. The van der Waals surface area contributed by atoms with Gasteiger partial charge < -0.3 is 14.2 Å². The monoisotopic (exact) mass is 389 g/mol.